The molecule has 1 nitrogen and oxygen atoms in total. The highest BCUT2D eigenvalue weighted by Crippen LogP contribution is 2.17. The molecule has 0 unspecified atom stereocenters. The number of carbonyl (C=O) groups excluding carboxylic acids is 1. The highest BCUT2D eigenvalue weighted by Gasteiger charge is 2.06. The van der Waals surface area contributed by atoms with Gasteiger partial charge in [0.05, 0.1) is 5.02 Å². The molecule has 0 aromatic heterocycles. The molecule has 0 spiro atoms. The topological polar surface area (TPSA) is 17.1 Å². The van der Waals surface area contributed by atoms with Crippen LogP contribution in [0, 0.1) is 11.6 Å². The zero-order valence-electron chi connectivity index (χ0n) is 5.27. The number of hydrogen-bond acceptors (Lipinski definition) is 1. The first-order valence-corrected chi connectivity index (χ1v) is 3.12. The summed E-state index contributed by atoms with van der Waals surface area (Å²) >= 11 is 5.36. The Bertz CT molecular complexity index is 299. The summed E-state index contributed by atoms with van der Waals surface area (Å²) in [5.74, 6) is -2.13. The van der Waals surface area contributed by atoms with Crippen molar-refractivity contribution < 1.29 is 13.6 Å². The van der Waals surface area contributed by atoms with Crippen LogP contribution in [0.25, 0.3) is 0 Å². The Hall–Kier alpha value is -0.960. The molecule has 0 aliphatic rings. The summed E-state index contributed by atoms with van der Waals surface area (Å²) in [7, 11) is 0. The molecule has 0 amide bonds. The van der Waals surface area contributed by atoms with Crippen LogP contribution in [0.2, 0.25) is 5.02 Å². The van der Waals surface area contributed by atoms with E-state index in [0.717, 1.165) is 12.1 Å². The predicted octanol–water partition coefficient (Wildman–Crippen LogP) is 2.43. The molecule has 4 heteroatoms. The molecule has 0 saturated carbocycles. The summed E-state index contributed by atoms with van der Waals surface area (Å²) < 4.78 is 24.7. The zero-order chi connectivity index (χ0) is 8.43. The van der Waals surface area contributed by atoms with Crippen molar-refractivity contribution in [3.05, 3.63) is 34.4 Å². The molecule has 0 saturated heterocycles. The Balaban J connectivity index is 3.31. The van der Waals surface area contributed by atoms with Crippen molar-refractivity contribution in [2.75, 3.05) is 0 Å². The number of hydrogen-bond donors (Lipinski definition) is 0. The van der Waals surface area contributed by atoms with E-state index >= 15 is 0 Å². The molecule has 58 valence electrons. The molecule has 0 bridgehead atoms. The minimum atomic E-state index is -1.07. The lowest BCUT2D eigenvalue weighted by atomic mass is 10.2. The maximum Gasteiger partial charge on any atom is 0.160 e. The Morgan fingerprint density at radius 1 is 1.27 bits per heavy atom. The molecule has 1 aromatic rings. The summed E-state index contributed by atoms with van der Waals surface area (Å²) in [4.78, 5) is 10.1. The fourth-order valence-corrected chi connectivity index (χ4v) is 0.823. The summed E-state index contributed by atoms with van der Waals surface area (Å²) in [6.45, 7) is 0. The number of rotatable bonds is 1. The number of halogens is 3. The average Bonchev–Trinajstić information content (AvgIpc) is 1.97. The molecule has 11 heavy (non-hydrogen) atoms. The molecular weight excluding hydrogens is 174 g/mol. The van der Waals surface area contributed by atoms with Crippen molar-refractivity contribution in [2.24, 2.45) is 0 Å². The lowest BCUT2D eigenvalue weighted by Gasteiger charge is -1.96. The van der Waals surface area contributed by atoms with Crippen LogP contribution >= 0.6 is 11.6 Å². The highest BCUT2D eigenvalue weighted by molar-refractivity contribution is 6.32. The Morgan fingerprint density at radius 2 is 1.82 bits per heavy atom. The minimum Gasteiger partial charge on any atom is -0.298 e. The average molecular weight is 177 g/mol. The van der Waals surface area contributed by atoms with Crippen molar-refractivity contribution in [2.45, 2.75) is 0 Å². The van der Waals surface area contributed by atoms with Crippen LogP contribution in [0.15, 0.2) is 12.1 Å². The molecule has 0 atom stereocenters. The number of carbonyl (C=O) groups is 1. The van der Waals surface area contributed by atoms with Gasteiger partial charge in [0.25, 0.3) is 0 Å². The zero-order valence-corrected chi connectivity index (χ0v) is 6.03. The van der Waals surface area contributed by atoms with E-state index in [1.54, 1.807) is 0 Å². The molecule has 0 heterocycles. The van der Waals surface area contributed by atoms with Crippen molar-refractivity contribution in [3.63, 3.8) is 0 Å². The Labute approximate surface area is 66.6 Å². The van der Waals surface area contributed by atoms with E-state index in [1.807, 2.05) is 0 Å². The third-order valence-electron chi connectivity index (χ3n) is 1.17. The molecule has 0 fully saturated rings. The van der Waals surface area contributed by atoms with Gasteiger partial charge in [-0.1, -0.05) is 11.6 Å². The van der Waals surface area contributed by atoms with Gasteiger partial charge in [-0.05, 0) is 12.1 Å². The van der Waals surface area contributed by atoms with Crippen LogP contribution in [-0.4, -0.2) is 6.29 Å². The van der Waals surface area contributed by atoms with Gasteiger partial charge in [0, 0.05) is 5.56 Å². The van der Waals surface area contributed by atoms with Gasteiger partial charge in [-0.2, -0.15) is 0 Å². The van der Waals surface area contributed by atoms with E-state index in [-0.39, 0.29) is 10.6 Å². The van der Waals surface area contributed by atoms with Gasteiger partial charge in [0.1, 0.15) is 0 Å². The molecule has 0 N–H and O–H groups in total. The van der Waals surface area contributed by atoms with E-state index in [2.05, 4.69) is 0 Å². The van der Waals surface area contributed by atoms with Crippen molar-refractivity contribution >= 4 is 17.9 Å². The maximum atomic E-state index is 12.4. The second-order valence-corrected chi connectivity index (χ2v) is 2.31. The lowest BCUT2D eigenvalue weighted by Crippen LogP contribution is -1.88. The Kier molecular flexibility index (Phi) is 2.19. The summed E-state index contributed by atoms with van der Waals surface area (Å²) in [5, 5.41) is -0.0844. The SMILES string of the molecule is O=Cc1cc(F)c(F)cc1Cl. The molecule has 1 aromatic carbocycles. The fourth-order valence-electron chi connectivity index (χ4n) is 0.628. The lowest BCUT2D eigenvalue weighted by molar-refractivity contribution is 0.112. The summed E-state index contributed by atoms with van der Waals surface area (Å²) in [5.41, 5.74) is -0.0504. The van der Waals surface area contributed by atoms with Gasteiger partial charge in [-0.25, -0.2) is 8.78 Å². The van der Waals surface area contributed by atoms with Gasteiger partial charge < -0.3 is 0 Å². The van der Waals surface area contributed by atoms with E-state index < -0.39 is 11.6 Å². The number of aldehydes is 1. The van der Waals surface area contributed by atoms with Gasteiger partial charge in [0.15, 0.2) is 17.9 Å². The van der Waals surface area contributed by atoms with Crippen molar-refractivity contribution in [3.8, 4) is 0 Å². The normalized spacial score (nSPS) is 9.73. The van der Waals surface area contributed by atoms with E-state index in [1.165, 1.54) is 0 Å². The van der Waals surface area contributed by atoms with E-state index in [9.17, 15) is 13.6 Å². The van der Waals surface area contributed by atoms with Crippen molar-refractivity contribution in [1.29, 1.82) is 0 Å². The predicted molar refractivity (Wildman–Crippen MR) is 36.8 cm³/mol. The first-order valence-electron chi connectivity index (χ1n) is 2.75. The van der Waals surface area contributed by atoms with Crippen LogP contribution in [0.1, 0.15) is 10.4 Å². The van der Waals surface area contributed by atoms with Gasteiger partial charge in [0.2, 0.25) is 0 Å². The van der Waals surface area contributed by atoms with Gasteiger partial charge in [-0.15, -0.1) is 0 Å². The molecule has 0 radical (unpaired) electrons. The van der Waals surface area contributed by atoms with Crippen LogP contribution in [0.4, 0.5) is 8.78 Å². The van der Waals surface area contributed by atoms with Crippen LogP contribution in [-0.2, 0) is 0 Å². The first kappa shape index (κ1) is 8.14. The Morgan fingerprint density at radius 3 is 2.36 bits per heavy atom. The van der Waals surface area contributed by atoms with E-state index in [4.69, 9.17) is 11.6 Å². The van der Waals surface area contributed by atoms with Crippen LogP contribution in [0.3, 0.4) is 0 Å². The third kappa shape index (κ3) is 1.54. The highest BCUT2D eigenvalue weighted by atomic mass is 35.5. The maximum absolute atomic E-state index is 12.4. The first-order chi connectivity index (χ1) is 5.15. The van der Waals surface area contributed by atoms with Gasteiger partial charge >= 0.3 is 0 Å². The van der Waals surface area contributed by atoms with E-state index in [0.29, 0.717) is 6.29 Å². The van der Waals surface area contributed by atoms with Crippen molar-refractivity contribution in [1.82, 2.24) is 0 Å². The summed E-state index contributed by atoms with van der Waals surface area (Å²) in [6, 6.07) is 1.52. The second kappa shape index (κ2) is 2.96. The monoisotopic (exact) mass is 176 g/mol. The molecule has 0 aliphatic heterocycles. The number of benzene rings is 1. The largest absolute Gasteiger partial charge is 0.298 e. The van der Waals surface area contributed by atoms with Crippen LogP contribution < -0.4 is 0 Å². The third-order valence-corrected chi connectivity index (χ3v) is 1.49. The second-order valence-electron chi connectivity index (χ2n) is 1.91. The minimum absolute atomic E-state index is 0.0504. The quantitative estimate of drug-likeness (QED) is 0.475. The fraction of sp³-hybridized carbons (Fsp3) is 0. The summed E-state index contributed by atoms with van der Waals surface area (Å²) in [6.07, 6.45) is 0.366. The van der Waals surface area contributed by atoms with Gasteiger partial charge in [-0.3, -0.25) is 4.79 Å². The molecular formula is C7H3ClF2O. The smallest absolute Gasteiger partial charge is 0.160 e. The standard InChI is InChI=1S/C7H3ClF2O/c8-5-2-7(10)6(9)1-4(5)3-11/h1-3H. The molecule has 0 aliphatic carbocycles. The van der Waals surface area contributed by atoms with Crippen LogP contribution in [0.5, 0.6) is 0 Å². The molecule has 1 rings (SSSR count).